The van der Waals surface area contributed by atoms with Crippen LogP contribution in [0.2, 0.25) is 0 Å². The van der Waals surface area contributed by atoms with Gasteiger partial charge < -0.3 is 30.3 Å². The largest absolute Gasteiger partial charge is 0.872 e. The van der Waals surface area contributed by atoms with Crippen LogP contribution >= 0.6 is 0 Å². The van der Waals surface area contributed by atoms with Crippen molar-refractivity contribution in [2.75, 3.05) is 0 Å². The Balaban J connectivity index is 2.11. The monoisotopic (exact) mass is 385 g/mol. The van der Waals surface area contributed by atoms with E-state index in [2.05, 4.69) is 0 Å². The highest BCUT2D eigenvalue weighted by Crippen LogP contribution is 2.44. The maximum atomic E-state index is 12.8. The fourth-order valence-corrected chi connectivity index (χ4v) is 3.37. The summed E-state index contributed by atoms with van der Waals surface area (Å²) in [5.41, 5.74) is -2.08. The molecule has 3 rings (SSSR count). The molecule has 28 heavy (non-hydrogen) atoms. The van der Waals surface area contributed by atoms with E-state index in [1.165, 1.54) is 6.92 Å². The summed E-state index contributed by atoms with van der Waals surface area (Å²) in [6.07, 6.45) is -0.991. The molecule has 2 aromatic rings. The van der Waals surface area contributed by atoms with Crippen molar-refractivity contribution < 1.29 is 39.9 Å². The van der Waals surface area contributed by atoms with Gasteiger partial charge in [0, 0.05) is 34.7 Å². The number of phenols is 3. The molecule has 0 radical (unpaired) electrons. The molecule has 0 aliphatic heterocycles. The molecular formula is C20H17O8-. The topological polar surface area (TPSA) is 155 Å². The first-order valence-electron chi connectivity index (χ1n) is 8.53. The number of fused-ring (bicyclic) bond motifs is 2. The lowest BCUT2D eigenvalue weighted by molar-refractivity contribution is -0.271. The Kier molecular flexibility index (Phi) is 4.82. The number of carbonyl (C=O) groups excluding carboxylic acids is 3. The van der Waals surface area contributed by atoms with E-state index < -0.39 is 57.4 Å². The molecule has 0 fully saturated rings. The number of ketones is 3. The van der Waals surface area contributed by atoms with Crippen molar-refractivity contribution in [1.29, 1.82) is 0 Å². The van der Waals surface area contributed by atoms with Crippen molar-refractivity contribution in [3.8, 4) is 23.0 Å². The highest BCUT2D eigenvalue weighted by Gasteiger charge is 2.35. The van der Waals surface area contributed by atoms with Crippen molar-refractivity contribution in [3.05, 3.63) is 46.0 Å². The smallest absolute Gasteiger partial charge is 0.197 e. The number of aromatic hydroxyl groups is 3. The number of hydrogen-bond donors (Lipinski definition) is 4. The van der Waals surface area contributed by atoms with Crippen LogP contribution in [0.5, 0.6) is 23.0 Å². The molecule has 0 saturated carbocycles. The summed E-state index contributed by atoms with van der Waals surface area (Å²) in [6, 6.07) is 2.78. The van der Waals surface area contributed by atoms with Gasteiger partial charge in [-0.25, -0.2) is 0 Å². The summed E-state index contributed by atoms with van der Waals surface area (Å²) in [4.78, 5) is 36.5. The van der Waals surface area contributed by atoms with Crippen LogP contribution in [-0.2, 0) is 4.79 Å². The van der Waals surface area contributed by atoms with E-state index in [0.29, 0.717) is 0 Å². The summed E-state index contributed by atoms with van der Waals surface area (Å²) in [6.45, 7) is 1.38. The van der Waals surface area contributed by atoms with E-state index in [1.54, 1.807) is 0 Å². The summed E-state index contributed by atoms with van der Waals surface area (Å²) in [5.74, 6) is -4.61. The lowest BCUT2D eigenvalue weighted by Gasteiger charge is -2.28. The Labute approximate surface area is 159 Å². The van der Waals surface area contributed by atoms with Gasteiger partial charge >= 0.3 is 0 Å². The Morgan fingerprint density at radius 3 is 2.29 bits per heavy atom. The summed E-state index contributed by atoms with van der Waals surface area (Å²) in [7, 11) is 0. The molecule has 8 heteroatoms. The van der Waals surface area contributed by atoms with Crippen LogP contribution in [0.15, 0.2) is 18.2 Å². The quantitative estimate of drug-likeness (QED) is 0.514. The molecule has 1 atom stereocenters. The molecule has 0 heterocycles. The van der Waals surface area contributed by atoms with Gasteiger partial charge in [-0.3, -0.25) is 9.59 Å². The van der Waals surface area contributed by atoms with E-state index in [0.717, 1.165) is 18.2 Å². The van der Waals surface area contributed by atoms with Crippen LogP contribution in [0.3, 0.4) is 0 Å². The second-order valence-corrected chi connectivity index (χ2v) is 6.72. The van der Waals surface area contributed by atoms with Gasteiger partial charge in [0.05, 0.1) is 11.7 Å². The SMILES string of the molecule is CC(=O)CCC[C@H](O)c1c(O)cc2c(c1[O-])C(=O)c1c(O)cc(O)cc1C2=O. The van der Waals surface area contributed by atoms with Crippen LogP contribution in [0, 0.1) is 0 Å². The molecule has 0 amide bonds. The van der Waals surface area contributed by atoms with Crippen LogP contribution in [0.1, 0.15) is 69.7 Å². The lowest BCUT2D eigenvalue weighted by Crippen LogP contribution is -2.24. The van der Waals surface area contributed by atoms with Crippen molar-refractivity contribution in [3.63, 3.8) is 0 Å². The highest BCUT2D eigenvalue weighted by molar-refractivity contribution is 6.30. The zero-order chi connectivity index (χ0) is 20.7. The van der Waals surface area contributed by atoms with Gasteiger partial charge in [-0.2, -0.15) is 0 Å². The first-order valence-corrected chi connectivity index (χ1v) is 8.53. The van der Waals surface area contributed by atoms with Gasteiger partial charge in [-0.15, -0.1) is 0 Å². The van der Waals surface area contributed by atoms with Crippen LogP contribution in [0.25, 0.3) is 0 Å². The molecule has 8 nitrogen and oxygen atoms in total. The number of carbonyl (C=O) groups is 3. The van der Waals surface area contributed by atoms with E-state index in [-0.39, 0.29) is 36.2 Å². The average Bonchev–Trinajstić information content (AvgIpc) is 2.58. The standard InChI is InChI=1S/C20H18O8/c1-8(21)3-2-4-12(23)17-14(25)7-11-16(20(17)28)19(27)15-10(18(11)26)5-9(22)6-13(15)24/h5-7,12,22-25,28H,2-4H2,1H3/p-1/t12-/m0/s1. The summed E-state index contributed by atoms with van der Waals surface area (Å²) in [5, 5.41) is 52.9. The van der Waals surface area contributed by atoms with Gasteiger partial charge in [-0.1, -0.05) is 5.75 Å². The second-order valence-electron chi connectivity index (χ2n) is 6.72. The minimum absolute atomic E-state index is 0.000979. The van der Waals surface area contributed by atoms with E-state index in [1.807, 2.05) is 0 Å². The Bertz CT molecular complexity index is 1020. The number of phenolic OH excluding ortho intramolecular Hbond substituents is 3. The van der Waals surface area contributed by atoms with Crippen molar-refractivity contribution in [2.24, 2.45) is 0 Å². The molecule has 1 aliphatic carbocycles. The number of Topliss-reactive ketones (excluding diaryl/α,β-unsaturated/α-hetero) is 1. The van der Waals surface area contributed by atoms with Crippen LogP contribution < -0.4 is 5.11 Å². The molecule has 0 unspecified atom stereocenters. The van der Waals surface area contributed by atoms with Gasteiger partial charge in [-0.05, 0) is 31.9 Å². The minimum Gasteiger partial charge on any atom is -0.872 e. The van der Waals surface area contributed by atoms with Gasteiger partial charge in [0.1, 0.15) is 23.0 Å². The maximum Gasteiger partial charge on any atom is 0.197 e. The third kappa shape index (κ3) is 3.07. The molecule has 2 aromatic carbocycles. The van der Waals surface area contributed by atoms with Crippen molar-refractivity contribution >= 4 is 17.3 Å². The van der Waals surface area contributed by atoms with Crippen LogP contribution in [-0.4, -0.2) is 37.8 Å². The third-order valence-electron chi connectivity index (χ3n) is 4.68. The third-order valence-corrected chi connectivity index (χ3v) is 4.68. The predicted octanol–water partition coefficient (Wildman–Crippen LogP) is 1.45. The first kappa shape index (κ1) is 19.4. The number of hydrogen-bond acceptors (Lipinski definition) is 8. The number of rotatable bonds is 5. The molecule has 4 N–H and O–H groups in total. The van der Waals surface area contributed by atoms with Crippen molar-refractivity contribution in [1.82, 2.24) is 0 Å². The Morgan fingerprint density at radius 1 is 1.00 bits per heavy atom. The molecule has 0 saturated heterocycles. The molecule has 1 aliphatic rings. The number of benzene rings is 2. The zero-order valence-corrected chi connectivity index (χ0v) is 14.9. The maximum absolute atomic E-state index is 12.8. The van der Waals surface area contributed by atoms with Crippen molar-refractivity contribution in [2.45, 2.75) is 32.3 Å². The van der Waals surface area contributed by atoms with Crippen LogP contribution in [0.4, 0.5) is 0 Å². The number of aliphatic hydroxyl groups excluding tert-OH is 1. The Morgan fingerprint density at radius 2 is 1.64 bits per heavy atom. The summed E-state index contributed by atoms with van der Waals surface area (Å²) < 4.78 is 0. The fourth-order valence-electron chi connectivity index (χ4n) is 3.37. The van der Waals surface area contributed by atoms with Gasteiger partial charge in [0.2, 0.25) is 0 Å². The van der Waals surface area contributed by atoms with E-state index in [4.69, 9.17) is 0 Å². The number of aliphatic hydroxyl groups is 1. The zero-order valence-electron chi connectivity index (χ0n) is 14.9. The molecular weight excluding hydrogens is 368 g/mol. The predicted molar refractivity (Wildman–Crippen MR) is 93.7 cm³/mol. The lowest BCUT2D eigenvalue weighted by atomic mass is 9.81. The van der Waals surface area contributed by atoms with E-state index in [9.17, 15) is 39.9 Å². The highest BCUT2D eigenvalue weighted by atomic mass is 16.3. The fraction of sp³-hybridized carbons (Fsp3) is 0.250. The molecule has 0 bridgehead atoms. The minimum atomic E-state index is -1.44. The van der Waals surface area contributed by atoms with E-state index >= 15 is 0 Å². The average molecular weight is 385 g/mol. The Hall–Kier alpha value is -3.39. The molecule has 146 valence electrons. The first-order chi connectivity index (χ1) is 13.1. The summed E-state index contributed by atoms with van der Waals surface area (Å²) >= 11 is 0. The van der Waals surface area contributed by atoms with Gasteiger partial charge in [0.25, 0.3) is 0 Å². The molecule has 0 spiro atoms. The molecule has 0 aromatic heterocycles. The normalized spacial score (nSPS) is 13.8. The van der Waals surface area contributed by atoms with Gasteiger partial charge in [0.15, 0.2) is 11.6 Å². The second kappa shape index (κ2) is 6.97.